The first kappa shape index (κ1) is 10.9. The van der Waals surface area contributed by atoms with Crippen molar-refractivity contribution in [3.63, 3.8) is 0 Å². The second kappa shape index (κ2) is 4.10. The second-order valence-corrected chi connectivity index (χ2v) is 4.48. The molecule has 0 aliphatic carbocycles. The molecule has 82 valence electrons. The summed E-state index contributed by atoms with van der Waals surface area (Å²) in [4.78, 5) is 0. The third kappa shape index (κ3) is 1.76. The van der Waals surface area contributed by atoms with E-state index in [0.29, 0.717) is 11.3 Å². The Hall–Kier alpha value is -0.610. The van der Waals surface area contributed by atoms with Gasteiger partial charge in [-0.05, 0) is 41.5 Å². The molecule has 1 aliphatic heterocycles. The number of hydrogen-bond donors (Lipinski definition) is 1. The molecule has 0 radical (unpaired) electrons. The summed E-state index contributed by atoms with van der Waals surface area (Å²) in [6.45, 7) is 4.74. The zero-order chi connectivity index (χ0) is 11.0. The third-order valence-corrected chi connectivity index (χ3v) is 3.23. The monoisotopic (exact) mass is 273 g/mol. The van der Waals surface area contributed by atoms with Gasteiger partial charge < -0.3 is 10.1 Å². The molecular weight excluding hydrogens is 261 g/mol. The van der Waals surface area contributed by atoms with Gasteiger partial charge in [0.25, 0.3) is 0 Å². The van der Waals surface area contributed by atoms with E-state index in [1.807, 2.05) is 13.8 Å². The molecule has 0 bridgehead atoms. The zero-order valence-electron chi connectivity index (χ0n) is 8.68. The van der Waals surface area contributed by atoms with E-state index in [-0.39, 0.29) is 18.0 Å². The second-order valence-electron chi connectivity index (χ2n) is 3.63. The zero-order valence-corrected chi connectivity index (χ0v) is 10.3. The van der Waals surface area contributed by atoms with Gasteiger partial charge in [0.2, 0.25) is 0 Å². The molecule has 2 rings (SSSR count). The molecule has 0 spiro atoms. The molecule has 4 heteroatoms. The van der Waals surface area contributed by atoms with E-state index in [2.05, 4.69) is 21.2 Å². The maximum atomic E-state index is 13.7. The van der Waals surface area contributed by atoms with E-state index >= 15 is 0 Å². The number of likely N-dealkylation sites (N-methyl/N-ethyl adjacent to an activating group) is 1. The number of halogens is 2. The van der Waals surface area contributed by atoms with Crippen LogP contribution in [-0.4, -0.2) is 12.6 Å². The Morgan fingerprint density at radius 2 is 2.27 bits per heavy atom. The molecule has 1 aliphatic rings. The smallest absolute Gasteiger partial charge is 0.141 e. The highest BCUT2D eigenvalue weighted by Gasteiger charge is 2.34. The normalized spacial score (nSPS) is 23.7. The summed E-state index contributed by atoms with van der Waals surface area (Å²) in [5, 5.41) is 3.23. The molecule has 1 aromatic rings. The standard InChI is InChI=1S/C11H13BrFNO/c1-3-14-10-6(2)15-11-7(12)4-5-8(13)9(10)11/h4-6,10,14H,3H2,1-2H3. The van der Waals surface area contributed by atoms with Crippen LogP contribution >= 0.6 is 15.9 Å². The van der Waals surface area contributed by atoms with Gasteiger partial charge >= 0.3 is 0 Å². The molecule has 0 amide bonds. The summed E-state index contributed by atoms with van der Waals surface area (Å²) in [7, 11) is 0. The molecule has 1 N–H and O–H groups in total. The van der Waals surface area contributed by atoms with Crippen LogP contribution in [0.5, 0.6) is 5.75 Å². The predicted octanol–water partition coefficient (Wildman–Crippen LogP) is 3.02. The first-order valence-corrected chi connectivity index (χ1v) is 5.82. The fourth-order valence-corrected chi connectivity index (χ4v) is 2.37. The highest BCUT2D eigenvalue weighted by atomic mass is 79.9. The van der Waals surface area contributed by atoms with E-state index in [4.69, 9.17) is 4.74 Å². The van der Waals surface area contributed by atoms with Gasteiger partial charge in [0.15, 0.2) is 0 Å². The van der Waals surface area contributed by atoms with Crippen LogP contribution in [0.25, 0.3) is 0 Å². The molecule has 0 saturated heterocycles. The van der Waals surface area contributed by atoms with Crippen LogP contribution in [0.15, 0.2) is 16.6 Å². The van der Waals surface area contributed by atoms with Crippen molar-refractivity contribution in [3.05, 3.63) is 28.0 Å². The quantitative estimate of drug-likeness (QED) is 0.895. The molecule has 2 unspecified atom stereocenters. The van der Waals surface area contributed by atoms with Gasteiger partial charge in [-0.3, -0.25) is 0 Å². The summed E-state index contributed by atoms with van der Waals surface area (Å²) in [5.41, 5.74) is 0.638. The summed E-state index contributed by atoms with van der Waals surface area (Å²) in [5.74, 6) is 0.428. The van der Waals surface area contributed by atoms with Gasteiger partial charge in [-0.2, -0.15) is 0 Å². The summed E-state index contributed by atoms with van der Waals surface area (Å²) >= 11 is 3.37. The van der Waals surface area contributed by atoms with Crippen molar-refractivity contribution in [1.29, 1.82) is 0 Å². The molecule has 15 heavy (non-hydrogen) atoms. The Bertz CT molecular complexity index is 383. The van der Waals surface area contributed by atoms with Crippen molar-refractivity contribution in [3.8, 4) is 5.75 Å². The Morgan fingerprint density at radius 1 is 1.53 bits per heavy atom. The van der Waals surface area contributed by atoms with Crippen molar-refractivity contribution in [2.24, 2.45) is 0 Å². The molecule has 0 aromatic heterocycles. The van der Waals surface area contributed by atoms with Crippen molar-refractivity contribution >= 4 is 15.9 Å². The van der Waals surface area contributed by atoms with E-state index in [0.717, 1.165) is 11.0 Å². The van der Waals surface area contributed by atoms with Gasteiger partial charge in [-0.25, -0.2) is 4.39 Å². The first-order chi connectivity index (χ1) is 7.15. The van der Waals surface area contributed by atoms with Crippen LogP contribution in [0.3, 0.4) is 0 Å². The molecule has 0 saturated carbocycles. The van der Waals surface area contributed by atoms with Crippen molar-refractivity contribution in [2.75, 3.05) is 6.54 Å². The van der Waals surface area contributed by atoms with Gasteiger partial charge in [0, 0.05) is 0 Å². The number of nitrogens with one attached hydrogen (secondary N) is 1. The van der Waals surface area contributed by atoms with Gasteiger partial charge in [-0.15, -0.1) is 0 Å². The average Bonchev–Trinajstić information content (AvgIpc) is 2.53. The van der Waals surface area contributed by atoms with Gasteiger partial charge in [0.1, 0.15) is 17.7 Å². The molecular formula is C11H13BrFNO. The average molecular weight is 274 g/mol. The number of rotatable bonds is 2. The van der Waals surface area contributed by atoms with Crippen molar-refractivity contribution in [2.45, 2.75) is 26.0 Å². The van der Waals surface area contributed by atoms with Crippen LogP contribution in [-0.2, 0) is 0 Å². The highest BCUT2D eigenvalue weighted by molar-refractivity contribution is 9.10. The number of benzene rings is 1. The minimum Gasteiger partial charge on any atom is -0.487 e. The Morgan fingerprint density at radius 3 is 2.93 bits per heavy atom. The number of ether oxygens (including phenoxy) is 1. The van der Waals surface area contributed by atoms with E-state index in [9.17, 15) is 4.39 Å². The lowest BCUT2D eigenvalue weighted by Gasteiger charge is -2.15. The lowest BCUT2D eigenvalue weighted by atomic mass is 10.0. The highest BCUT2D eigenvalue weighted by Crippen LogP contribution is 2.42. The fourth-order valence-electron chi connectivity index (χ4n) is 1.94. The molecule has 1 aromatic carbocycles. The van der Waals surface area contributed by atoms with Crippen LogP contribution in [0.2, 0.25) is 0 Å². The van der Waals surface area contributed by atoms with Crippen LogP contribution in [0.4, 0.5) is 4.39 Å². The summed E-state index contributed by atoms with van der Waals surface area (Å²) < 4.78 is 20.1. The Labute approximate surface area is 96.9 Å². The number of fused-ring (bicyclic) bond motifs is 1. The van der Waals surface area contributed by atoms with Crippen molar-refractivity contribution in [1.82, 2.24) is 5.32 Å². The third-order valence-electron chi connectivity index (χ3n) is 2.60. The molecule has 2 atom stereocenters. The van der Waals surface area contributed by atoms with Gasteiger partial charge in [0.05, 0.1) is 16.1 Å². The maximum absolute atomic E-state index is 13.7. The SMILES string of the molecule is CCNC1c2c(F)ccc(Br)c2OC1C. The van der Waals surface area contributed by atoms with E-state index < -0.39 is 0 Å². The van der Waals surface area contributed by atoms with Crippen LogP contribution in [0.1, 0.15) is 25.5 Å². The minimum atomic E-state index is -0.205. The lowest BCUT2D eigenvalue weighted by molar-refractivity contribution is 0.209. The summed E-state index contributed by atoms with van der Waals surface area (Å²) in [6, 6.07) is 3.09. The predicted molar refractivity (Wildman–Crippen MR) is 60.6 cm³/mol. The number of hydrogen-bond acceptors (Lipinski definition) is 2. The molecule has 0 fully saturated rings. The topological polar surface area (TPSA) is 21.3 Å². The molecule has 1 heterocycles. The largest absolute Gasteiger partial charge is 0.487 e. The Balaban J connectivity index is 2.47. The minimum absolute atomic E-state index is 0.0341. The van der Waals surface area contributed by atoms with Crippen molar-refractivity contribution < 1.29 is 9.13 Å². The maximum Gasteiger partial charge on any atom is 0.141 e. The lowest BCUT2D eigenvalue weighted by Crippen LogP contribution is -2.28. The molecule has 2 nitrogen and oxygen atoms in total. The Kier molecular flexibility index (Phi) is 2.98. The first-order valence-electron chi connectivity index (χ1n) is 5.03. The fraction of sp³-hybridized carbons (Fsp3) is 0.455. The van der Waals surface area contributed by atoms with E-state index in [1.54, 1.807) is 6.07 Å². The summed E-state index contributed by atoms with van der Waals surface area (Å²) in [6.07, 6.45) is -0.0341. The van der Waals surface area contributed by atoms with Crippen LogP contribution < -0.4 is 10.1 Å². The van der Waals surface area contributed by atoms with Gasteiger partial charge in [-0.1, -0.05) is 6.92 Å². The van der Waals surface area contributed by atoms with Crippen LogP contribution in [0, 0.1) is 5.82 Å². The van der Waals surface area contributed by atoms with E-state index in [1.165, 1.54) is 6.07 Å².